The van der Waals surface area contributed by atoms with E-state index >= 15 is 0 Å². The number of aromatic nitrogens is 3. The van der Waals surface area contributed by atoms with E-state index in [0.717, 1.165) is 5.69 Å². The Morgan fingerprint density at radius 3 is 2.86 bits per heavy atom. The molecule has 0 fully saturated rings. The van der Waals surface area contributed by atoms with Crippen LogP contribution in [-0.2, 0) is 6.61 Å². The number of pyridine rings is 1. The van der Waals surface area contributed by atoms with Crippen molar-refractivity contribution >= 4 is 0 Å². The van der Waals surface area contributed by atoms with Crippen LogP contribution in [0.5, 0.6) is 5.88 Å². The zero-order valence-electron chi connectivity index (χ0n) is 7.42. The van der Waals surface area contributed by atoms with E-state index in [2.05, 4.69) is 21.1 Å². The van der Waals surface area contributed by atoms with Crippen LogP contribution in [0.1, 0.15) is 5.69 Å². The topological polar surface area (TPSA) is 47.9 Å². The molecule has 0 aliphatic carbocycles. The first-order chi connectivity index (χ1) is 6.95. The third-order valence-electron chi connectivity index (χ3n) is 1.58. The van der Waals surface area contributed by atoms with Crippen LogP contribution in [0.4, 0.5) is 0 Å². The van der Waals surface area contributed by atoms with Gasteiger partial charge in [0.25, 0.3) is 0 Å². The lowest BCUT2D eigenvalue weighted by molar-refractivity contribution is 0.287. The van der Waals surface area contributed by atoms with E-state index in [-0.39, 0.29) is 0 Å². The fraction of sp³-hybridized carbons (Fsp3) is 0.100. The highest BCUT2D eigenvalue weighted by Crippen LogP contribution is 2.03. The summed E-state index contributed by atoms with van der Waals surface area (Å²) < 4.78 is 5.30. The zero-order chi connectivity index (χ0) is 9.64. The summed E-state index contributed by atoms with van der Waals surface area (Å²) in [6.07, 6.45) is 7.46. The minimum absolute atomic E-state index is 0.385. The van der Waals surface area contributed by atoms with E-state index < -0.39 is 0 Å². The van der Waals surface area contributed by atoms with E-state index in [1.165, 1.54) is 0 Å². The quantitative estimate of drug-likeness (QED) is 0.723. The molecule has 0 bridgehead atoms. The average molecular weight is 186 g/mol. The van der Waals surface area contributed by atoms with Crippen LogP contribution < -0.4 is 4.74 Å². The first-order valence-electron chi connectivity index (χ1n) is 4.16. The van der Waals surface area contributed by atoms with E-state index in [1.807, 2.05) is 18.2 Å². The van der Waals surface area contributed by atoms with Gasteiger partial charge in [0, 0.05) is 18.6 Å². The highest BCUT2D eigenvalue weighted by molar-refractivity contribution is 5.05. The maximum absolute atomic E-state index is 5.30. The van der Waals surface area contributed by atoms with Crippen molar-refractivity contribution in [2.45, 2.75) is 6.61 Å². The lowest BCUT2D eigenvalue weighted by Gasteiger charge is -2.02. The molecule has 0 unspecified atom stereocenters. The molecule has 2 rings (SSSR count). The second-order valence-corrected chi connectivity index (χ2v) is 2.58. The second-order valence-electron chi connectivity index (χ2n) is 2.58. The molecule has 4 heteroatoms. The maximum atomic E-state index is 5.30. The number of hydrogen-bond acceptors (Lipinski definition) is 4. The summed E-state index contributed by atoms with van der Waals surface area (Å²) in [6.45, 7) is 0.385. The van der Waals surface area contributed by atoms with Crippen LogP contribution >= 0.6 is 0 Å². The Kier molecular flexibility index (Phi) is 2.66. The van der Waals surface area contributed by atoms with Crippen molar-refractivity contribution in [2.24, 2.45) is 0 Å². The normalized spacial score (nSPS) is 9.71. The summed E-state index contributed by atoms with van der Waals surface area (Å²) in [5.41, 5.74) is 0.853. The molecule has 1 radical (unpaired) electrons. The van der Waals surface area contributed by atoms with Crippen molar-refractivity contribution < 1.29 is 4.74 Å². The Hall–Kier alpha value is -1.97. The first-order valence-corrected chi connectivity index (χ1v) is 4.16. The fourth-order valence-corrected chi connectivity index (χ4v) is 0.951. The molecule has 0 aromatic carbocycles. The molecule has 69 valence electrons. The molecule has 2 aromatic rings. The summed E-state index contributed by atoms with van der Waals surface area (Å²) in [5, 5.41) is 0. The van der Waals surface area contributed by atoms with Crippen molar-refractivity contribution in [1.29, 1.82) is 0 Å². The minimum Gasteiger partial charge on any atom is -0.470 e. The third kappa shape index (κ3) is 2.26. The number of ether oxygens (including phenoxy) is 1. The van der Waals surface area contributed by atoms with Crippen LogP contribution in [0.3, 0.4) is 0 Å². The molecule has 0 aliphatic heterocycles. The van der Waals surface area contributed by atoms with Gasteiger partial charge in [-0.1, -0.05) is 6.07 Å². The molecule has 0 amide bonds. The molecule has 4 nitrogen and oxygen atoms in total. The van der Waals surface area contributed by atoms with Crippen LogP contribution in [-0.4, -0.2) is 15.0 Å². The predicted molar refractivity (Wildman–Crippen MR) is 49.4 cm³/mol. The molecule has 2 aromatic heterocycles. The van der Waals surface area contributed by atoms with Gasteiger partial charge in [-0.3, -0.25) is 4.98 Å². The Morgan fingerprint density at radius 1 is 1.14 bits per heavy atom. The predicted octanol–water partition coefficient (Wildman–Crippen LogP) is 1.25. The highest BCUT2D eigenvalue weighted by Gasteiger charge is 1.96. The van der Waals surface area contributed by atoms with Crippen LogP contribution in [0, 0.1) is 6.20 Å². The van der Waals surface area contributed by atoms with Gasteiger partial charge in [0.1, 0.15) is 6.61 Å². The molecule has 0 N–H and O–H groups in total. The van der Waals surface area contributed by atoms with Gasteiger partial charge in [-0.15, -0.1) is 0 Å². The van der Waals surface area contributed by atoms with Gasteiger partial charge in [-0.25, -0.2) is 9.97 Å². The monoisotopic (exact) mass is 186 g/mol. The second kappa shape index (κ2) is 4.32. The zero-order valence-corrected chi connectivity index (χ0v) is 7.42. The van der Waals surface area contributed by atoms with Crippen molar-refractivity contribution in [3.8, 4) is 5.88 Å². The Morgan fingerprint density at radius 2 is 2.14 bits per heavy atom. The minimum atomic E-state index is 0.385. The Labute approximate surface area is 81.6 Å². The van der Waals surface area contributed by atoms with Crippen LogP contribution in [0.2, 0.25) is 0 Å². The summed E-state index contributed by atoms with van der Waals surface area (Å²) in [5.74, 6) is 0.387. The van der Waals surface area contributed by atoms with Gasteiger partial charge in [0.2, 0.25) is 5.88 Å². The lowest BCUT2D eigenvalue weighted by Crippen LogP contribution is -1.99. The average Bonchev–Trinajstić information content (AvgIpc) is 2.29. The van der Waals surface area contributed by atoms with E-state index in [9.17, 15) is 0 Å². The molecule has 0 atom stereocenters. The summed E-state index contributed by atoms with van der Waals surface area (Å²) in [6, 6.07) is 5.65. The lowest BCUT2D eigenvalue weighted by atomic mass is 10.4. The van der Waals surface area contributed by atoms with Gasteiger partial charge < -0.3 is 4.74 Å². The van der Waals surface area contributed by atoms with Crippen molar-refractivity contribution in [1.82, 2.24) is 15.0 Å². The van der Waals surface area contributed by atoms with Gasteiger partial charge >= 0.3 is 0 Å². The van der Waals surface area contributed by atoms with E-state index in [1.54, 1.807) is 18.6 Å². The van der Waals surface area contributed by atoms with E-state index in [0.29, 0.717) is 12.5 Å². The standard InChI is InChI=1S/C10H8N3O/c1-2-4-12-9(3-1)8-14-10-7-11-5-6-13-10/h1-6H,8H2. The van der Waals surface area contributed by atoms with Crippen molar-refractivity contribution in [3.05, 3.63) is 48.7 Å². The molecule has 14 heavy (non-hydrogen) atoms. The van der Waals surface area contributed by atoms with Crippen LogP contribution in [0.15, 0.2) is 36.8 Å². The molecular formula is C10H8N3O. The Bertz CT molecular complexity index is 338. The van der Waals surface area contributed by atoms with Crippen LogP contribution in [0.25, 0.3) is 0 Å². The van der Waals surface area contributed by atoms with E-state index in [4.69, 9.17) is 4.74 Å². The summed E-state index contributed by atoms with van der Waals surface area (Å²) in [4.78, 5) is 11.8. The fourth-order valence-electron chi connectivity index (χ4n) is 0.951. The SMILES string of the molecule is [c]1nccnc1OCc1ccccn1. The molecular weight excluding hydrogens is 178 g/mol. The number of rotatable bonds is 3. The molecule has 0 spiro atoms. The summed E-state index contributed by atoms with van der Waals surface area (Å²) in [7, 11) is 0. The number of nitrogens with zero attached hydrogens (tertiary/aromatic N) is 3. The van der Waals surface area contributed by atoms with Crippen molar-refractivity contribution in [2.75, 3.05) is 0 Å². The Balaban J connectivity index is 1.96. The molecule has 0 aliphatic rings. The summed E-state index contributed by atoms with van der Waals surface area (Å²) >= 11 is 0. The van der Waals surface area contributed by atoms with Gasteiger partial charge in [-0.05, 0) is 12.1 Å². The maximum Gasteiger partial charge on any atom is 0.242 e. The molecule has 0 saturated heterocycles. The molecule has 0 saturated carbocycles. The highest BCUT2D eigenvalue weighted by atomic mass is 16.5. The van der Waals surface area contributed by atoms with Gasteiger partial charge in [0.05, 0.1) is 5.69 Å². The van der Waals surface area contributed by atoms with Gasteiger partial charge in [0.15, 0.2) is 6.20 Å². The first kappa shape index (κ1) is 8.62. The largest absolute Gasteiger partial charge is 0.470 e. The molecule has 2 heterocycles. The van der Waals surface area contributed by atoms with Crippen molar-refractivity contribution in [3.63, 3.8) is 0 Å². The number of hydrogen-bond donors (Lipinski definition) is 0. The van der Waals surface area contributed by atoms with Gasteiger partial charge in [-0.2, -0.15) is 0 Å². The third-order valence-corrected chi connectivity index (χ3v) is 1.58. The smallest absolute Gasteiger partial charge is 0.242 e.